The molecule has 1 aliphatic rings. The van der Waals surface area contributed by atoms with Gasteiger partial charge in [0, 0.05) is 69.7 Å². The van der Waals surface area contributed by atoms with Gasteiger partial charge < -0.3 is 68.7 Å². The Morgan fingerprint density at radius 3 is 1.78 bits per heavy atom. The van der Waals surface area contributed by atoms with Crippen LogP contribution in [0.2, 0.25) is 5.02 Å². The lowest BCUT2D eigenvalue weighted by atomic mass is 9.94. The fourth-order valence-corrected chi connectivity index (χ4v) is 11.8. The van der Waals surface area contributed by atoms with Gasteiger partial charge in [0.05, 0.1) is 19.1 Å². The molecule has 10 amide bonds. The van der Waals surface area contributed by atoms with Gasteiger partial charge >= 0.3 is 0 Å². The van der Waals surface area contributed by atoms with E-state index in [1.165, 1.54) is 55.4 Å². The monoisotopic (exact) mass is 1410 g/mol. The number of nitrogens with zero attached hydrogens (tertiary/aromatic N) is 3. The molecule has 1 fully saturated rings. The van der Waals surface area contributed by atoms with Crippen molar-refractivity contribution in [1.82, 2.24) is 62.9 Å². The molecule has 0 spiro atoms. The van der Waals surface area contributed by atoms with Crippen LogP contribution < -0.4 is 59.5 Å². The maximum Gasteiger partial charge on any atom is 0.247 e. The zero-order chi connectivity index (χ0) is 74.0. The van der Waals surface area contributed by atoms with E-state index in [-0.39, 0.29) is 62.8 Å². The number of aromatic nitrogens is 1. The molecule has 0 radical (unpaired) electrons. The van der Waals surface area contributed by atoms with Crippen LogP contribution >= 0.6 is 11.6 Å². The Bertz CT molecular complexity index is 3700. The number of phenolic OH excluding ortho intramolecular Hbond substituents is 1. The number of halogens is 1. The number of amides is 10. The number of hydrazine groups is 1. The minimum atomic E-state index is -1.88. The first kappa shape index (κ1) is 80.2. The van der Waals surface area contributed by atoms with Crippen molar-refractivity contribution >= 4 is 93.0 Å². The molecule has 10 atom stereocenters. The summed E-state index contributed by atoms with van der Waals surface area (Å²) in [7, 11) is 1.13. The number of hydrogen-bond donors (Lipinski definition) is 13. The van der Waals surface area contributed by atoms with Gasteiger partial charge in [0.1, 0.15) is 60.1 Å². The number of likely N-dealkylation sites (N-methyl/N-ethyl adjacent to an activating group) is 1. The van der Waals surface area contributed by atoms with Gasteiger partial charge in [0.15, 0.2) is 0 Å². The molecule has 29 heteroatoms. The van der Waals surface area contributed by atoms with Gasteiger partial charge in [-0.1, -0.05) is 112 Å². The van der Waals surface area contributed by atoms with Crippen molar-refractivity contribution in [1.29, 1.82) is 0 Å². The third-order valence-electron chi connectivity index (χ3n) is 17.1. The number of aliphatic hydroxyl groups is 1. The van der Waals surface area contributed by atoms with Gasteiger partial charge in [0.2, 0.25) is 70.6 Å². The van der Waals surface area contributed by atoms with E-state index in [9.17, 15) is 67.7 Å². The van der Waals surface area contributed by atoms with E-state index < -0.39 is 151 Å². The number of aliphatic hydroxyl groups excluding tert-OH is 1. The van der Waals surface area contributed by atoms with Crippen molar-refractivity contribution in [2.45, 2.75) is 179 Å². The molecule has 6 rings (SSSR count). The smallest absolute Gasteiger partial charge is 0.247 e. The number of nitrogens with two attached hydrogens (primary N) is 2. The van der Waals surface area contributed by atoms with Gasteiger partial charge in [-0.2, -0.15) is 0 Å². The number of pyridine rings is 1. The van der Waals surface area contributed by atoms with Crippen LogP contribution in [0.4, 0.5) is 0 Å². The van der Waals surface area contributed by atoms with E-state index in [4.69, 9.17) is 23.1 Å². The lowest BCUT2D eigenvalue weighted by molar-refractivity contribution is -0.147. The molecular weight excluding hydrogens is 1320 g/mol. The summed E-state index contributed by atoms with van der Waals surface area (Å²) in [5.74, 6) is -11.0. The Kier molecular flexibility index (Phi) is 31.2. The summed E-state index contributed by atoms with van der Waals surface area (Å²) >= 11 is 6.23. The van der Waals surface area contributed by atoms with E-state index in [0.717, 1.165) is 22.7 Å². The fraction of sp³-hybridized carbons (Fsp3) is 0.458. The van der Waals surface area contributed by atoms with Gasteiger partial charge in [-0.25, -0.2) is 10.9 Å². The summed E-state index contributed by atoms with van der Waals surface area (Å²) < 4.78 is 0. The second kappa shape index (κ2) is 39.3. The number of ketones is 2. The lowest BCUT2D eigenvalue weighted by Gasteiger charge is -2.32. The summed E-state index contributed by atoms with van der Waals surface area (Å²) in [6.07, 6.45) is 3.28. The van der Waals surface area contributed by atoms with Crippen LogP contribution in [-0.4, -0.2) is 189 Å². The number of carbonyl (C=O) groups excluding carboxylic acids is 12. The average molecular weight is 1420 g/mol. The van der Waals surface area contributed by atoms with Crippen LogP contribution in [0.5, 0.6) is 5.75 Å². The minimum Gasteiger partial charge on any atom is -0.508 e. The number of aromatic hydroxyl groups is 1. The molecule has 5 aromatic rings. The Hall–Kier alpha value is -9.74. The fourth-order valence-electron chi connectivity index (χ4n) is 11.7. The van der Waals surface area contributed by atoms with Crippen molar-refractivity contribution in [3.63, 3.8) is 0 Å². The van der Waals surface area contributed by atoms with Gasteiger partial charge in [-0.3, -0.25) is 62.5 Å². The number of likely N-dealkylation sites (tertiary alicyclic amines) is 1. The number of unbranched alkanes of at least 4 members (excludes halogenated alkanes) is 1. The number of rotatable bonds is 40. The number of hydrogen-bond acceptors (Lipinski definition) is 18. The van der Waals surface area contributed by atoms with Crippen molar-refractivity contribution in [3.8, 4) is 5.75 Å². The molecule has 0 unspecified atom stereocenters. The first-order valence-electron chi connectivity index (χ1n) is 33.8. The van der Waals surface area contributed by atoms with Crippen LogP contribution in [0.25, 0.3) is 10.8 Å². The highest BCUT2D eigenvalue weighted by Crippen LogP contribution is 2.23. The van der Waals surface area contributed by atoms with Gasteiger partial charge in [-0.15, -0.1) is 0 Å². The normalized spacial score (nSPS) is 15.5. The summed E-state index contributed by atoms with van der Waals surface area (Å²) in [5, 5.41) is 42.8. The highest BCUT2D eigenvalue weighted by atomic mass is 35.5. The van der Waals surface area contributed by atoms with E-state index in [1.807, 2.05) is 56.3 Å². The molecule has 0 aliphatic carbocycles. The minimum absolute atomic E-state index is 0.0258. The number of phenols is 1. The van der Waals surface area contributed by atoms with Gasteiger partial charge in [0.25, 0.3) is 0 Å². The summed E-state index contributed by atoms with van der Waals surface area (Å²) in [6.45, 7) is 9.90. The maximum atomic E-state index is 15.0. The van der Waals surface area contributed by atoms with Crippen LogP contribution in [0.3, 0.4) is 0 Å². The largest absolute Gasteiger partial charge is 0.508 e. The zero-order valence-corrected chi connectivity index (χ0v) is 58.7. The lowest BCUT2D eigenvalue weighted by Crippen LogP contribution is -2.62. The molecule has 2 heterocycles. The molecule has 0 bridgehead atoms. The predicted molar refractivity (Wildman–Crippen MR) is 377 cm³/mol. The van der Waals surface area contributed by atoms with E-state index >= 15 is 0 Å². The molecule has 1 aliphatic heterocycles. The molecule has 1 saturated heterocycles. The summed E-state index contributed by atoms with van der Waals surface area (Å²) in [4.78, 5) is 175. The van der Waals surface area contributed by atoms with E-state index in [2.05, 4.69) is 53.1 Å². The maximum absolute atomic E-state index is 15.0. The molecular formula is C72H95ClN14O14. The molecule has 1 aromatic heterocycles. The Balaban J connectivity index is 1.25. The number of Topliss-reactive ketones (excluding diaryl/α,β-unsaturated/α-hetero) is 2. The topological polar surface area (TPSA) is 425 Å². The number of primary amides is 2. The third kappa shape index (κ3) is 25.1. The number of carbonyl (C=O) groups is 12. The molecule has 28 nitrogen and oxygen atoms in total. The van der Waals surface area contributed by atoms with Crippen LogP contribution in [0.1, 0.15) is 109 Å². The van der Waals surface area contributed by atoms with Crippen LogP contribution in [-0.2, 0) is 83.2 Å². The van der Waals surface area contributed by atoms with Crippen molar-refractivity contribution in [2.24, 2.45) is 17.4 Å². The van der Waals surface area contributed by atoms with Crippen molar-refractivity contribution in [3.05, 3.63) is 143 Å². The second-order valence-electron chi connectivity index (χ2n) is 26.1. The Morgan fingerprint density at radius 1 is 0.624 bits per heavy atom. The van der Waals surface area contributed by atoms with E-state index in [1.54, 1.807) is 50.2 Å². The first-order chi connectivity index (χ1) is 48.0. The van der Waals surface area contributed by atoms with Crippen molar-refractivity contribution < 1.29 is 67.7 Å². The van der Waals surface area contributed by atoms with Gasteiger partial charge in [-0.05, 0) is 121 Å². The number of nitrogens with one attached hydrogen (secondary N) is 9. The molecule has 544 valence electrons. The second-order valence-corrected chi connectivity index (χ2v) is 26.6. The number of fused-ring (bicyclic) bond motifs is 1. The van der Waals surface area contributed by atoms with Crippen molar-refractivity contribution in [2.75, 3.05) is 26.7 Å². The molecule has 4 aromatic carbocycles. The standard InChI is InChI=1S/C72H95ClN14O14/c1-41(2)32-58(69(98)80-53(17-10-11-30-77-42(3)4)72(101)87-31-13-18-60(87)70(99)78-43(5)65(75)94)85-84-54(38-62(74)91)63(92)64(93)61(37-46-22-27-52(90)28-23-46)86(7)71(100)59(40-88)83-68(97)57(36-48-14-12-29-76-39-48)82-67(96)56(34-45-20-25-51(73)26-21-45)81-66(95)55(79-44(6)89)35-47-19-24-49-15-8-9-16-50(49)33-47/h8-9,12,14-16,19-29,33,39,41-43,53-61,77,84-85,88,90H,10-11,13,17-18,30-32,34-38,40H2,1-7H3,(H2,74,91)(H2,75,94)(H,78,99)(H,79,89)(H,80,98)(H,81,95)(H,82,96)(H,83,97)/t43-,53+,54-,55-,56-,57-,58+,59+,60+,61+/m1/s1. The Morgan fingerprint density at radius 2 is 1.19 bits per heavy atom. The average Bonchev–Trinajstić information content (AvgIpc) is 1.79. The highest BCUT2D eigenvalue weighted by molar-refractivity contribution is 6.41. The SMILES string of the molecule is CC(=O)N[C@H](Cc1ccc2ccccc2c1)C(=O)N[C@H](Cc1ccc(Cl)cc1)C(=O)N[C@H](Cc1cccnc1)C(=O)N[C@@H](CO)C(=O)N(C)[C@@H](Cc1ccc(O)cc1)C(=O)C(=O)[C@@H](CC(N)=O)NN[C@@H](CC(C)C)C(=O)N[C@@H](CCCCNC(C)C)C(=O)N1CCC[C@H]1C(=O)N[C@H](C)C(N)=O. The van der Waals surface area contributed by atoms with Crippen LogP contribution in [0.15, 0.2) is 116 Å². The number of benzene rings is 4. The summed E-state index contributed by atoms with van der Waals surface area (Å²) in [5.41, 5.74) is 18.5. The highest BCUT2D eigenvalue weighted by Gasteiger charge is 2.42. The van der Waals surface area contributed by atoms with Crippen LogP contribution in [0, 0.1) is 5.92 Å². The quantitative estimate of drug-likeness (QED) is 0.0149. The first-order valence-corrected chi connectivity index (χ1v) is 34.2. The molecule has 15 N–H and O–H groups in total. The zero-order valence-electron chi connectivity index (χ0n) is 58.0. The Labute approximate surface area is 592 Å². The predicted octanol–water partition coefficient (Wildman–Crippen LogP) is 1.17. The summed E-state index contributed by atoms with van der Waals surface area (Å²) in [6, 6.07) is 14.4. The molecule has 0 saturated carbocycles. The molecule has 101 heavy (non-hydrogen) atoms. The third-order valence-corrected chi connectivity index (χ3v) is 17.4. The van der Waals surface area contributed by atoms with E-state index in [0.29, 0.717) is 53.1 Å².